The van der Waals surface area contributed by atoms with E-state index in [2.05, 4.69) is 0 Å². The molecule has 0 aromatic rings. The van der Waals surface area contributed by atoms with E-state index < -0.39 is 0 Å². The van der Waals surface area contributed by atoms with E-state index in [-0.39, 0.29) is 11.7 Å². The molecule has 0 radical (unpaired) electrons. The van der Waals surface area contributed by atoms with Crippen LogP contribution in [0.5, 0.6) is 0 Å². The molecule has 2 fully saturated rings. The predicted octanol–water partition coefficient (Wildman–Crippen LogP) is 1.51. The highest BCUT2D eigenvalue weighted by atomic mass is 16.7. The average Bonchev–Trinajstić information content (AvgIpc) is 2.72. The lowest BCUT2D eigenvalue weighted by atomic mass is 9.74. The summed E-state index contributed by atoms with van der Waals surface area (Å²) in [7, 11) is 0. The highest BCUT2D eigenvalue weighted by molar-refractivity contribution is 5.60. The van der Waals surface area contributed by atoms with Crippen molar-refractivity contribution in [2.45, 2.75) is 38.4 Å². The molecule has 1 saturated heterocycles. The number of rotatable bonds is 2. The summed E-state index contributed by atoms with van der Waals surface area (Å²) >= 11 is 0. The maximum absolute atomic E-state index is 11.1. The van der Waals surface area contributed by atoms with Crippen LogP contribution in [0, 0.1) is 5.41 Å². The van der Waals surface area contributed by atoms with Gasteiger partial charge in [0.1, 0.15) is 6.29 Å². The Hall–Kier alpha value is -0.410. The summed E-state index contributed by atoms with van der Waals surface area (Å²) in [6.07, 6.45) is 6.15. The number of aldehydes is 1. The maximum Gasteiger partial charge on any atom is 0.169 e. The van der Waals surface area contributed by atoms with E-state index in [1.165, 1.54) is 6.42 Å². The van der Waals surface area contributed by atoms with Crippen LogP contribution >= 0.6 is 0 Å². The van der Waals surface area contributed by atoms with Crippen molar-refractivity contribution in [2.75, 3.05) is 13.2 Å². The molecule has 0 aromatic heterocycles. The molecule has 0 atom stereocenters. The van der Waals surface area contributed by atoms with Crippen LogP contribution in [-0.2, 0) is 14.3 Å². The molecule has 13 heavy (non-hydrogen) atoms. The average molecular weight is 184 g/mol. The van der Waals surface area contributed by atoms with Gasteiger partial charge < -0.3 is 14.3 Å². The summed E-state index contributed by atoms with van der Waals surface area (Å²) in [6.45, 7) is 1.28. The number of hydrogen-bond acceptors (Lipinski definition) is 3. The lowest BCUT2D eigenvalue weighted by Crippen LogP contribution is -2.39. The number of carbonyl (C=O) groups excluding carboxylic acids is 1. The fourth-order valence-electron chi connectivity index (χ4n) is 2.31. The van der Waals surface area contributed by atoms with E-state index in [1.54, 1.807) is 0 Å². The molecular weight excluding hydrogens is 168 g/mol. The van der Waals surface area contributed by atoms with Crippen LogP contribution in [0.15, 0.2) is 0 Å². The van der Waals surface area contributed by atoms with Gasteiger partial charge in [0.05, 0.1) is 18.6 Å². The van der Waals surface area contributed by atoms with Gasteiger partial charge in [0.25, 0.3) is 0 Å². The predicted molar refractivity (Wildman–Crippen MR) is 47.3 cm³/mol. The van der Waals surface area contributed by atoms with Crippen molar-refractivity contribution in [2.24, 2.45) is 5.41 Å². The van der Waals surface area contributed by atoms with Gasteiger partial charge in [-0.05, 0) is 12.8 Å². The molecule has 0 unspecified atom stereocenters. The normalized spacial score (nSPS) is 28.9. The molecule has 1 aliphatic carbocycles. The van der Waals surface area contributed by atoms with Crippen LogP contribution < -0.4 is 0 Å². The van der Waals surface area contributed by atoms with Crippen LogP contribution in [0.25, 0.3) is 0 Å². The summed E-state index contributed by atoms with van der Waals surface area (Å²) in [5.41, 5.74) is -0.325. The monoisotopic (exact) mass is 184 g/mol. The Morgan fingerprint density at radius 2 is 1.69 bits per heavy atom. The molecule has 3 nitrogen and oxygen atoms in total. The van der Waals surface area contributed by atoms with Crippen molar-refractivity contribution in [1.82, 2.24) is 0 Å². The summed E-state index contributed by atoms with van der Waals surface area (Å²) in [5, 5.41) is 0. The lowest BCUT2D eigenvalue weighted by molar-refractivity contribution is -0.157. The third kappa shape index (κ3) is 1.63. The minimum absolute atomic E-state index is 0.259. The third-order valence-corrected chi connectivity index (χ3v) is 3.11. The fraction of sp³-hybridized carbons (Fsp3) is 0.900. The van der Waals surface area contributed by atoms with Gasteiger partial charge in [-0.15, -0.1) is 0 Å². The van der Waals surface area contributed by atoms with Crippen LogP contribution in [0.3, 0.4) is 0 Å². The smallest absolute Gasteiger partial charge is 0.169 e. The first-order chi connectivity index (χ1) is 6.37. The molecule has 0 aromatic carbocycles. The van der Waals surface area contributed by atoms with Gasteiger partial charge in [0, 0.05) is 0 Å². The zero-order valence-corrected chi connectivity index (χ0v) is 7.83. The molecule has 1 heterocycles. The summed E-state index contributed by atoms with van der Waals surface area (Å²) in [4.78, 5) is 11.1. The third-order valence-electron chi connectivity index (χ3n) is 3.11. The second-order valence-electron chi connectivity index (χ2n) is 3.99. The van der Waals surface area contributed by atoms with E-state index in [1.807, 2.05) is 0 Å². The molecule has 2 rings (SSSR count). The van der Waals surface area contributed by atoms with Crippen molar-refractivity contribution in [3.8, 4) is 0 Å². The quantitative estimate of drug-likeness (QED) is 0.610. The minimum atomic E-state index is -0.325. The number of carbonyl (C=O) groups is 1. The molecule has 74 valence electrons. The molecule has 0 bridgehead atoms. The standard InChI is InChI=1S/C10H16O3/c11-8-10(4-2-1-3-5-10)9-12-6-7-13-9/h8-9H,1-7H2. The summed E-state index contributed by atoms with van der Waals surface area (Å²) < 4.78 is 10.9. The van der Waals surface area contributed by atoms with E-state index in [0.29, 0.717) is 13.2 Å². The fourth-order valence-corrected chi connectivity index (χ4v) is 2.31. The van der Waals surface area contributed by atoms with E-state index in [4.69, 9.17) is 9.47 Å². The van der Waals surface area contributed by atoms with Crippen molar-refractivity contribution in [3.05, 3.63) is 0 Å². The lowest BCUT2D eigenvalue weighted by Gasteiger charge is -2.35. The molecule has 2 aliphatic rings. The highest BCUT2D eigenvalue weighted by Gasteiger charge is 2.43. The number of ether oxygens (including phenoxy) is 2. The molecule has 3 heteroatoms. The first kappa shape index (κ1) is 9.16. The molecule has 0 amide bonds. The maximum atomic E-state index is 11.1. The van der Waals surface area contributed by atoms with Crippen molar-refractivity contribution >= 4 is 6.29 Å². The Labute approximate surface area is 78.4 Å². The highest BCUT2D eigenvalue weighted by Crippen LogP contribution is 2.40. The SMILES string of the molecule is O=CC1(C2OCCO2)CCCCC1. The topological polar surface area (TPSA) is 35.5 Å². The van der Waals surface area contributed by atoms with E-state index in [9.17, 15) is 4.79 Å². The van der Waals surface area contributed by atoms with Gasteiger partial charge >= 0.3 is 0 Å². The molecule has 0 spiro atoms. The zero-order chi connectivity index (χ0) is 9.15. The van der Waals surface area contributed by atoms with Gasteiger partial charge in [-0.1, -0.05) is 19.3 Å². The Morgan fingerprint density at radius 1 is 1.08 bits per heavy atom. The second-order valence-corrected chi connectivity index (χ2v) is 3.99. The Morgan fingerprint density at radius 3 is 2.23 bits per heavy atom. The summed E-state index contributed by atoms with van der Waals surface area (Å²) in [5.74, 6) is 0. The van der Waals surface area contributed by atoms with Crippen LogP contribution in [0.2, 0.25) is 0 Å². The van der Waals surface area contributed by atoms with E-state index in [0.717, 1.165) is 32.0 Å². The van der Waals surface area contributed by atoms with Gasteiger partial charge in [0.2, 0.25) is 0 Å². The van der Waals surface area contributed by atoms with Gasteiger partial charge in [-0.25, -0.2) is 0 Å². The van der Waals surface area contributed by atoms with Crippen LogP contribution in [-0.4, -0.2) is 25.8 Å². The van der Waals surface area contributed by atoms with Crippen LogP contribution in [0.1, 0.15) is 32.1 Å². The Kier molecular flexibility index (Phi) is 2.65. The Balaban J connectivity index is 2.07. The van der Waals surface area contributed by atoms with Crippen molar-refractivity contribution in [1.29, 1.82) is 0 Å². The van der Waals surface area contributed by atoms with Gasteiger partial charge in [-0.3, -0.25) is 0 Å². The molecular formula is C10H16O3. The van der Waals surface area contributed by atoms with Crippen molar-refractivity contribution < 1.29 is 14.3 Å². The molecule has 1 aliphatic heterocycles. The van der Waals surface area contributed by atoms with E-state index >= 15 is 0 Å². The Bertz CT molecular complexity index is 179. The van der Waals surface area contributed by atoms with Gasteiger partial charge in [-0.2, -0.15) is 0 Å². The van der Waals surface area contributed by atoms with Gasteiger partial charge in [0.15, 0.2) is 6.29 Å². The summed E-state index contributed by atoms with van der Waals surface area (Å²) in [6, 6.07) is 0. The minimum Gasteiger partial charge on any atom is -0.349 e. The molecule has 0 N–H and O–H groups in total. The number of hydrogen-bond donors (Lipinski definition) is 0. The van der Waals surface area contributed by atoms with Crippen LogP contribution in [0.4, 0.5) is 0 Å². The first-order valence-corrected chi connectivity index (χ1v) is 5.07. The van der Waals surface area contributed by atoms with Crippen molar-refractivity contribution in [3.63, 3.8) is 0 Å². The largest absolute Gasteiger partial charge is 0.349 e. The first-order valence-electron chi connectivity index (χ1n) is 5.07. The zero-order valence-electron chi connectivity index (χ0n) is 7.83. The second kappa shape index (κ2) is 3.76. The molecule has 1 saturated carbocycles.